The van der Waals surface area contributed by atoms with Gasteiger partial charge in [-0.25, -0.2) is 0 Å². The number of ether oxygens (including phenoxy) is 1. The molecule has 1 fully saturated rings. The molecule has 0 radical (unpaired) electrons. The summed E-state index contributed by atoms with van der Waals surface area (Å²) in [5.41, 5.74) is 1.18. The van der Waals surface area contributed by atoms with Crippen molar-refractivity contribution in [3.8, 4) is 0 Å². The van der Waals surface area contributed by atoms with Crippen LogP contribution in [0.25, 0.3) is 0 Å². The molecule has 2 aromatic rings. The fourth-order valence-electron chi connectivity index (χ4n) is 2.74. The van der Waals surface area contributed by atoms with E-state index in [1.807, 2.05) is 13.0 Å². The number of thiophene rings is 2. The number of aryl methyl sites for hydroxylation is 2. The minimum Gasteiger partial charge on any atom is -0.379 e. The minimum atomic E-state index is 0.0287. The van der Waals surface area contributed by atoms with E-state index in [1.54, 1.807) is 22.7 Å². The minimum absolute atomic E-state index is 0.0287. The topological polar surface area (TPSA) is 41.6 Å². The molecule has 0 aliphatic carbocycles. The van der Waals surface area contributed by atoms with Crippen LogP contribution in [0, 0.1) is 13.8 Å². The molecular formula is C17H22N2O2S2. The number of nitrogens with one attached hydrogen (secondary N) is 1. The van der Waals surface area contributed by atoms with Crippen LogP contribution in [0.3, 0.4) is 0 Å². The van der Waals surface area contributed by atoms with Gasteiger partial charge in [0.05, 0.1) is 24.1 Å². The van der Waals surface area contributed by atoms with Gasteiger partial charge in [-0.15, -0.1) is 22.7 Å². The smallest absolute Gasteiger partial charge is 0.261 e. The van der Waals surface area contributed by atoms with Gasteiger partial charge in [-0.1, -0.05) is 6.07 Å². The quantitative estimate of drug-likeness (QED) is 0.900. The van der Waals surface area contributed by atoms with Crippen molar-refractivity contribution < 1.29 is 9.53 Å². The number of morpholine rings is 1. The molecule has 3 heterocycles. The van der Waals surface area contributed by atoms with Crippen molar-refractivity contribution in [1.82, 2.24) is 10.2 Å². The van der Waals surface area contributed by atoms with Gasteiger partial charge in [-0.2, -0.15) is 0 Å². The molecule has 1 amide bonds. The third-order valence-electron chi connectivity index (χ3n) is 4.20. The second kappa shape index (κ2) is 7.57. The number of carbonyl (C=O) groups is 1. The molecule has 1 aliphatic heterocycles. The molecule has 0 unspecified atom stereocenters. The van der Waals surface area contributed by atoms with Crippen LogP contribution in [0.1, 0.15) is 31.0 Å². The summed E-state index contributed by atoms with van der Waals surface area (Å²) < 4.78 is 5.45. The molecule has 1 atom stereocenters. The summed E-state index contributed by atoms with van der Waals surface area (Å²) in [4.78, 5) is 18.1. The fourth-order valence-corrected chi connectivity index (χ4v) is 4.55. The van der Waals surface area contributed by atoms with Crippen LogP contribution in [0.5, 0.6) is 0 Å². The summed E-state index contributed by atoms with van der Waals surface area (Å²) in [5, 5.41) is 5.21. The molecule has 3 rings (SSSR count). The molecule has 0 spiro atoms. The lowest BCUT2D eigenvalue weighted by molar-refractivity contribution is 0.0169. The molecule has 2 aromatic heterocycles. The lowest BCUT2D eigenvalue weighted by Gasteiger charge is -2.34. The largest absolute Gasteiger partial charge is 0.379 e. The number of hydrogen-bond donors (Lipinski definition) is 1. The molecule has 1 saturated heterocycles. The third kappa shape index (κ3) is 4.01. The van der Waals surface area contributed by atoms with E-state index >= 15 is 0 Å². The molecule has 124 valence electrons. The maximum atomic E-state index is 12.4. The van der Waals surface area contributed by atoms with Crippen molar-refractivity contribution in [2.75, 3.05) is 32.8 Å². The van der Waals surface area contributed by atoms with Gasteiger partial charge in [0.25, 0.3) is 5.91 Å². The first-order valence-corrected chi connectivity index (χ1v) is 9.55. The van der Waals surface area contributed by atoms with E-state index in [0.29, 0.717) is 6.54 Å². The van der Waals surface area contributed by atoms with Crippen LogP contribution in [0.4, 0.5) is 0 Å². The average molecular weight is 351 g/mol. The molecular weight excluding hydrogens is 328 g/mol. The van der Waals surface area contributed by atoms with Crippen molar-refractivity contribution in [3.05, 3.63) is 43.8 Å². The number of hydrogen-bond acceptors (Lipinski definition) is 5. The van der Waals surface area contributed by atoms with Crippen molar-refractivity contribution >= 4 is 28.6 Å². The van der Waals surface area contributed by atoms with Crippen molar-refractivity contribution in [2.45, 2.75) is 19.9 Å². The van der Waals surface area contributed by atoms with Crippen LogP contribution in [0.2, 0.25) is 0 Å². The zero-order valence-corrected chi connectivity index (χ0v) is 15.1. The fraction of sp³-hybridized carbons (Fsp3) is 0.471. The molecule has 4 nitrogen and oxygen atoms in total. The maximum Gasteiger partial charge on any atom is 0.261 e. The Hall–Kier alpha value is -1.21. The highest BCUT2D eigenvalue weighted by molar-refractivity contribution is 7.14. The normalized spacial score (nSPS) is 17.1. The Labute approximate surface area is 145 Å². The summed E-state index contributed by atoms with van der Waals surface area (Å²) >= 11 is 3.31. The molecule has 0 bridgehead atoms. The Bertz CT molecular complexity index is 626. The SMILES string of the molecule is Cc1cc(C(=O)NC[C@H](c2cccs2)N2CCOCC2)sc1C. The van der Waals surface area contributed by atoms with Crippen LogP contribution in [-0.4, -0.2) is 43.7 Å². The number of amides is 1. The summed E-state index contributed by atoms with van der Waals surface area (Å²) in [5.74, 6) is 0.0287. The highest BCUT2D eigenvalue weighted by Crippen LogP contribution is 2.26. The summed E-state index contributed by atoms with van der Waals surface area (Å²) in [7, 11) is 0. The lowest BCUT2D eigenvalue weighted by Crippen LogP contribution is -2.43. The Morgan fingerprint density at radius 1 is 1.39 bits per heavy atom. The van der Waals surface area contributed by atoms with Crippen LogP contribution in [-0.2, 0) is 4.74 Å². The highest BCUT2D eigenvalue weighted by Gasteiger charge is 2.24. The second-order valence-electron chi connectivity index (χ2n) is 5.74. The Morgan fingerprint density at radius 3 is 2.78 bits per heavy atom. The van der Waals surface area contributed by atoms with Gasteiger partial charge >= 0.3 is 0 Å². The predicted octanol–water partition coefficient (Wildman–Crippen LogP) is 3.23. The monoisotopic (exact) mass is 350 g/mol. The number of rotatable bonds is 5. The third-order valence-corrected chi connectivity index (χ3v) is 6.33. The zero-order chi connectivity index (χ0) is 16.2. The first-order chi connectivity index (χ1) is 11.1. The summed E-state index contributed by atoms with van der Waals surface area (Å²) in [6, 6.07) is 6.42. The zero-order valence-electron chi connectivity index (χ0n) is 13.5. The van der Waals surface area contributed by atoms with Gasteiger partial charge in [0.2, 0.25) is 0 Å². The molecule has 0 aromatic carbocycles. The van der Waals surface area contributed by atoms with Gasteiger partial charge in [0, 0.05) is 29.4 Å². The van der Waals surface area contributed by atoms with E-state index in [2.05, 4.69) is 34.7 Å². The molecule has 6 heteroatoms. The van der Waals surface area contributed by atoms with Crippen LogP contribution >= 0.6 is 22.7 Å². The average Bonchev–Trinajstić information content (AvgIpc) is 3.19. The molecule has 1 N–H and O–H groups in total. The molecule has 0 saturated carbocycles. The lowest BCUT2D eigenvalue weighted by atomic mass is 10.2. The Morgan fingerprint density at radius 2 is 2.17 bits per heavy atom. The van der Waals surface area contributed by atoms with Gasteiger partial charge in [0.1, 0.15) is 0 Å². The van der Waals surface area contributed by atoms with E-state index < -0.39 is 0 Å². The highest BCUT2D eigenvalue weighted by atomic mass is 32.1. The second-order valence-corrected chi connectivity index (χ2v) is 7.98. The number of nitrogens with zero attached hydrogens (tertiary/aromatic N) is 1. The Kier molecular flexibility index (Phi) is 5.48. The van der Waals surface area contributed by atoms with Gasteiger partial charge in [-0.3, -0.25) is 9.69 Å². The van der Waals surface area contributed by atoms with E-state index in [-0.39, 0.29) is 11.9 Å². The van der Waals surface area contributed by atoms with Crippen molar-refractivity contribution in [3.63, 3.8) is 0 Å². The number of carbonyl (C=O) groups excluding carboxylic acids is 1. The Balaban J connectivity index is 1.67. The van der Waals surface area contributed by atoms with Crippen LogP contribution in [0.15, 0.2) is 23.6 Å². The van der Waals surface area contributed by atoms with E-state index in [4.69, 9.17) is 4.74 Å². The van der Waals surface area contributed by atoms with Gasteiger partial charge < -0.3 is 10.1 Å². The van der Waals surface area contributed by atoms with Crippen molar-refractivity contribution in [1.29, 1.82) is 0 Å². The predicted molar refractivity (Wildman–Crippen MR) is 95.6 cm³/mol. The standard InChI is InChI=1S/C17H22N2O2S2/c1-12-10-16(23-13(12)2)17(20)18-11-14(15-4-3-9-22-15)19-5-7-21-8-6-19/h3-4,9-10,14H,5-8,11H2,1-2H3,(H,18,20)/t14-/m1/s1. The maximum absolute atomic E-state index is 12.4. The van der Waals surface area contributed by atoms with E-state index in [9.17, 15) is 4.79 Å². The molecule has 23 heavy (non-hydrogen) atoms. The summed E-state index contributed by atoms with van der Waals surface area (Å²) in [6.45, 7) is 8.09. The van der Waals surface area contributed by atoms with Crippen LogP contribution < -0.4 is 5.32 Å². The van der Waals surface area contributed by atoms with Crippen molar-refractivity contribution in [2.24, 2.45) is 0 Å². The van der Waals surface area contributed by atoms with Gasteiger partial charge in [0.15, 0.2) is 0 Å². The van der Waals surface area contributed by atoms with E-state index in [0.717, 1.165) is 31.2 Å². The first kappa shape index (κ1) is 16.6. The molecule has 1 aliphatic rings. The first-order valence-electron chi connectivity index (χ1n) is 7.85. The summed E-state index contributed by atoms with van der Waals surface area (Å²) in [6.07, 6.45) is 0. The van der Waals surface area contributed by atoms with E-state index in [1.165, 1.54) is 15.3 Å². The van der Waals surface area contributed by atoms with Gasteiger partial charge in [-0.05, 0) is 36.9 Å².